The maximum atomic E-state index is 11.1. The van der Waals surface area contributed by atoms with E-state index in [0.717, 1.165) is 5.56 Å². The average molecular weight is 231 g/mol. The molecule has 0 saturated heterocycles. The van der Waals surface area contributed by atoms with Gasteiger partial charge in [0, 0.05) is 12.2 Å². The molecule has 0 heterocycles. The highest BCUT2D eigenvalue weighted by atomic mass is 35.5. The van der Waals surface area contributed by atoms with E-state index in [1.807, 2.05) is 6.07 Å². The van der Waals surface area contributed by atoms with Crippen LogP contribution in [0.3, 0.4) is 0 Å². The summed E-state index contributed by atoms with van der Waals surface area (Å²) in [5.41, 5.74) is 0.884. The van der Waals surface area contributed by atoms with Crippen LogP contribution in [0.1, 0.15) is 5.56 Å². The van der Waals surface area contributed by atoms with Gasteiger partial charge < -0.3 is 4.74 Å². The Morgan fingerprint density at radius 2 is 2.29 bits per heavy atom. The lowest BCUT2D eigenvalue weighted by Gasteiger charge is -2.04. The van der Waals surface area contributed by atoms with E-state index in [2.05, 4.69) is 12.6 Å². The zero-order valence-electron chi connectivity index (χ0n) is 7.79. The Kier molecular flexibility index (Phi) is 4.29. The number of carbonyl (C=O) groups is 1. The molecule has 1 aromatic carbocycles. The van der Waals surface area contributed by atoms with Crippen LogP contribution in [0.15, 0.2) is 18.2 Å². The predicted molar refractivity (Wildman–Crippen MR) is 60.6 cm³/mol. The lowest BCUT2D eigenvalue weighted by atomic mass is 10.1. The predicted octanol–water partition coefficient (Wildman–Crippen LogP) is 2.39. The Morgan fingerprint density at radius 1 is 1.57 bits per heavy atom. The molecule has 1 aromatic rings. The van der Waals surface area contributed by atoms with Crippen molar-refractivity contribution in [3.63, 3.8) is 0 Å². The van der Waals surface area contributed by atoms with Gasteiger partial charge in [-0.05, 0) is 17.7 Å². The second kappa shape index (κ2) is 5.27. The summed E-state index contributed by atoms with van der Waals surface area (Å²) < 4.78 is 5.00. The van der Waals surface area contributed by atoms with Gasteiger partial charge in [0.05, 0.1) is 12.1 Å². The van der Waals surface area contributed by atoms with E-state index < -0.39 is 0 Å². The second-order valence-electron chi connectivity index (χ2n) is 2.84. The SMILES string of the molecule is COc1ccc(CC(=O)CS)cc1Cl. The third-order valence-corrected chi connectivity index (χ3v) is 2.44. The second-order valence-corrected chi connectivity index (χ2v) is 3.57. The molecule has 0 radical (unpaired) electrons. The number of thiol groups is 1. The molecule has 76 valence electrons. The molecular formula is C10H11ClO2S. The Balaban J connectivity index is 2.81. The Bertz CT molecular complexity index is 339. The fourth-order valence-corrected chi connectivity index (χ4v) is 1.50. The summed E-state index contributed by atoms with van der Waals surface area (Å²) in [6.45, 7) is 0. The van der Waals surface area contributed by atoms with Crippen molar-refractivity contribution in [2.45, 2.75) is 6.42 Å². The van der Waals surface area contributed by atoms with E-state index in [-0.39, 0.29) is 11.5 Å². The average Bonchev–Trinajstić information content (AvgIpc) is 2.18. The number of methoxy groups -OCH3 is 1. The van der Waals surface area contributed by atoms with Gasteiger partial charge in [-0.1, -0.05) is 17.7 Å². The van der Waals surface area contributed by atoms with Crippen molar-refractivity contribution >= 4 is 30.0 Å². The number of ether oxygens (including phenoxy) is 1. The number of Topliss-reactive ketones (excluding diaryl/α,β-unsaturated/α-hetero) is 1. The third-order valence-electron chi connectivity index (χ3n) is 1.79. The summed E-state index contributed by atoms with van der Waals surface area (Å²) in [6, 6.07) is 5.32. The molecule has 14 heavy (non-hydrogen) atoms. The van der Waals surface area contributed by atoms with Crippen molar-refractivity contribution in [3.8, 4) is 5.75 Å². The Morgan fingerprint density at radius 3 is 2.79 bits per heavy atom. The molecule has 0 N–H and O–H groups in total. The topological polar surface area (TPSA) is 26.3 Å². The highest BCUT2D eigenvalue weighted by Gasteiger charge is 2.05. The van der Waals surface area contributed by atoms with Gasteiger partial charge in [0.1, 0.15) is 11.5 Å². The first kappa shape index (κ1) is 11.4. The van der Waals surface area contributed by atoms with Crippen LogP contribution in [0.2, 0.25) is 5.02 Å². The number of benzene rings is 1. The van der Waals surface area contributed by atoms with Crippen LogP contribution in [0.25, 0.3) is 0 Å². The normalized spacial score (nSPS) is 9.93. The lowest BCUT2D eigenvalue weighted by Crippen LogP contribution is -2.03. The molecule has 0 amide bonds. The summed E-state index contributed by atoms with van der Waals surface area (Å²) >= 11 is 9.80. The van der Waals surface area contributed by atoms with Crippen molar-refractivity contribution in [3.05, 3.63) is 28.8 Å². The number of halogens is 1. The summed E-state index contributed by atoms with van der Waals surface area (Å²) in [7, 11) is 1.56. The van der Waals surface area contributed by atoms with Gasteiger partial charge in [0.15, 0.2) is 0 Å². The van der Waals surface area contributed by atoms with Crippen LogP contribution in [-0.4, -0.2) is 18.6 Å². The highest BCUT2D eigenvalue weighted by Crippen LogP contribution is 2.25. The number of carbonyl (C=O) groups excluding carboxylic acids is 1. The molecule has 1 rings (SSSR count). The molecule has 0 aromatic heterocycles. The Labute approximate surface area is 93.6 Å². The minimum atomic E-state index is 0.0783. The molecule has 0 aliphatic heterocycles. The maximum Gasteiger partial charge on any atom is 0.146 e. The van der Waals surface area contributed by atoms with Crippen molar-refractivity contribution in [1.82, 2.24) is 0 Å². The minimum Gasteiger partial charge on any atom is -0.495 e. The summed E-state index contributed by atoms with van der Waals surface area (Å²) in [4.78, 5) is 11.1. The molecular weight excluding hydrogens is 220 g/mol. The molecule has 0 bridgehead atoms. The molecule has 2 nitrogen and oxygen atoms in total. The van der Waals surface area contributed by atoms with E-state index in [0.29, 0.717) is 17.2 Å². The van der Waals surface area contributed by atoms with Crippen LogP contribution in [0, 0.1) is 0 Å². The van der Waals surface area contributed by atoms with Crippen molar-refractivity contribution < 1.29 is 9.53 Å². The number of hydrogen-bond acceptors (Lipinski definition) is 3. The van der Waals surface area contributed by atoms with Crippen molar-refractivity contribution in [2.24, 2.45) is 0 Å². The van der Waals surface area contributed by atoms with Gasteiger partial charge in [0.25, 0.3) is 0 Å². The van der Waals surface area contributed by atoms with Crippen LogP contribution in [0.5, 0.6) is 5.75 Å². The molecule has 0 saturated carbocycles. The quantitative estimate of drug-likeness (QED) is 0.804. The highest BCUT2D eigenvalue weighted by molar-refractivity contribution is 7.81. The van der Waals surface area contributed by atoms with E-state index in [9.17, 15) is 4.79 Å². The van der Waals surface area contributed by atoms with Crippen molar-refractivity contribution in [1.29, 1.82) is 0 Å². The molecule has 0 spiro atoms. The van der Waals surface area contributed by atoms with Gasteiger partial charge >= 0.3 is 0 Å². The molecule has 0 atom stereocenters. The molecule has 0 aliphatic rings. The zero-order valence-corrected chi connectivity index (χ0v) is 9.44. The fourth-order valence-electron chi connectivity index (χ4n) is 1.10. The summed E-state index contributed by atoms with van der Waals surface area (Å²) in [5.74, 6) is 0.951. The number of rotatable bonds is 4. The minimum absolute atomic E-state index is 0.0783. The van der Waals surface area contributed by atoms with Crippen LogP contribution < -0.4 is 4.74 Å². The molecule has 0 unspecified atom stereocenters. The van der Waals surface area contributed by atoms with Gasteiger partial charge in [-0.25, -0.2) is 0 Å². The molecule has 4 heteroatoms. The van der Waals surface area contributed by atoms with Crippen molar-refractivity contribution in [2.75, 3.05) is 12.9 Å². The molecule has 0 fully saturated rings. The van der Waals surface area contributed by atoms with Crippen LogP contribution in [-0.2, 0) is 11.2 Å². The third kappa shape index (κ3) is 2.93. The van der Waals surface area contributed by atoms with E-state index in [4.69, 9.17) is 16.3 Å². The fraction of sp³-hybridized carbons (Fsp3) is 0.300. The summed E-state index contributed by atoms with van der Waals surface area (Å²) in [6.07, 6.45) is 0.368. The van der Waals surface area contributed by atoms with Gasteiger partial charge in [-0.15, -0.1) is 0 Å². The zero-order chi connectivity index (χ0) is 10.6. The van der Waals surface area contributed by atoms with Gasteiger partial charge in [-0.2, -0.15) is 12.6 Å². The number of hydrogen-bond donors (Lipinski definition) is 1. The first-order valence-corrected chi connectivity index (χ1v) is 5.13. The summed E-state index contributed by atoms with van der Waals surface area (Å²) in [5, 5.41) is 0.525. The van der Waals surface area contributed by atoms with E-state index >= 15 is 0 Å². The van der Waals surface area contributed by atoms with Gasteiger partial charge in [0.2, 0.25) is 0 Å². The van der Waals surface area contributed by atoms with Gasteiger partial charge in [-0.3, -0.25) is 4.79 Å². The largest absolute Gasteiger partial charge is 0.495 e. The van der Waals surface area contributed by atoms with E-state index in [1.165, 1.54) is 0 Å². The van der Waals surface area contributed by atoms with Crippen LogP contribution in [0.4, 0.5) is 0 Å². The van der Waals surface area contributed by atoms with Crippen LogP contribution >= 0.6 is 24.2 Å². The first-order valence-electron chi connectivity index (χ1n) is 4.12. The monoisotopic (exact) mass is 230 g/mol. The Hall–Kier alpha value is -0.670. The first-order chi connectivity index (χ1) is 6.67. The maximum absolute atomic E-state index is 11.1. The standard InChI is InChI=1S/C10H11ClO2S/c1-13-10-3-2-7(5-9(10)11)4-8(12)6-14/h2-3,5,14H,4,6H2,1H3. The molecule has 0 aliphatic carbocycles. The smallest absolute Gasteiger partial charge is 0.146 e. The van der Waals surface area contributed by atoms with E-state index in [1.54, 1.807) is 19.2 Å². The number of ketones is 1. The lowest BCUT2D eigenvalue weighted by molar-refractivity contribution is -0.115.